The summed E-state index contributed by atoms with van der Waals surface area (Å²) in [6, 6.07) is 0.605. The van der Waals surface area contributed by atoms with Crippen molar-refractivity contribution in [3.63, 3.8) is 0 Å². The lowest BCUT2D eigenvalue weighted by Crippen LogP contribution is -2.60. The first-order valence-corrected chi connectivity index (χ1v) is 7.84. The average molecular weight is 252 g/mol. The predicted octanol–water partition coefficient (Wildman–Crippen LogP) is 3.59. The predicted molar refractivity (Wildman–Crippen MR) is 81.0 cm³/mol. The third-order valence-corrected chi connectivity index (χ3v) is 4.72. The molecule has 18 heavy (non-hydrogen) atoms. The highest BCUT2D eigenvalue weighted by molar-refractivity contribution is 5.00. The molecule has 0 amide bonds. The van der Waals surface area contributed by atoms with E-state index in [-0.39, 0.29) is 0 Å². The van der Waals surface area contributed by atoms with Gasteiger partial charge in [-0.1, -0.05) is 26.8 Å². The summed E-state index contributed by atoms with van der Waals surface area (Å²) < 4.78 is 0. The number of allylic oxidation sites excluding steroid dienone is 1. The van der Waals surface area contributed by atoms with Gasteiger partial charge >= 0.3 is 0 Å². The molecule has 2 nitrogen and oxygen atoms in total. The normalized spacial score (nSPS) is 19.1. The molecule has 1 atom stereocenters. The minimum atomic E-state index is 0.357. The average Bonchev–Trinajstić information content (AvgIpc) is 2.92. The van der Waals surface area contributed by atoms with E-state index in [0.29, 0.717) is 11.6 Å². The van der Waals surface area contributed by atoms with Gasteiger partial charge in [-0.2, -0.15) is 0 Å². The van der Waals surface area contributed by atoms with Crippen LogP contribution in [0.3, 0.4) is 0 Å². The van der Waals surface area contributed by atoms with E-state index < -0.39 is 0 Å². The third kappa shape index (κ3) is 3.36. The van der Waals surface area contributed by atoms with Crippen molar-refractivity contribution in [3.05, 3.63) is 12.7 Å². The molecule has 1 aliphatic rings. The maximum absolute atomic E-state index is 3.88. The SMILES string of the molecule is C=CCCC(NCC)C(CC)(CC)N1CCCC1. The van der Waals surface area contributed by atoms with E-state index >= 15 is 0 Å². The minimum absolute atomic E-state index is 0.357. The van der Waals surface area contributed by atoms with Crippen LogP contribution in [0.4, 0.5) is 0 Å². The van der Waals surface area contributed by atoms with Crippen molar-refractivity contribution in [2.45, 2.75) is 70.9 Å². The molecule has 0 bridgehead atoms. The van der Waals surface area contributed by atoms with Gasteiger partial charge in [0.25, 0.3) is 0 Å². The quantitative estimate of drug-likeness (QED) is 0.631. The monoisotopic (exact) mass is 252 g/mol. The molecule has 0 saturated carbocycles. The summed E-state index contributed by atoms with van der Waals surface area (Å²) in [7, 11) is 0. The molecule has 2 heteroatoms. The largest absolute Gasteiger partial charge is 0.312 e. The zero-order valence-electron chi connectivity index (χ0n) is 12.7. The third-order valence-electron chi connectivity index (χ3n) is 4.72. The van der Waals surface area contributed by atoms with E-state index in [0.717, 1.165) is 13.0 Å². The molecule has 1 N–H and O–H groups in total. The number of likely N-dealkylation sites (tertiary alicyclic amines) is 1. The first-order chi connectivity index (χ1) is 8.75. The fourth-order valence-corrected chi connectivity index (χ4v) is 3.66. The molecule has 1 fully saturated rings. The molecule has 1 heterocycles. The Labute approximate surface area is 114 Å². The lowest BCUT2D eigenvalue weighted by Gasteiger charge is -2.47. The van der Waals surface area contributed by atoms with Crippen LogP contribution < -0.4 is 5.32 Å². The zero-order chi connectivity index (χ0) is 13.4. The number of hydrogen-bond donors (Lipinski definition) is 1. The first-order valence-electron chi connectivity index (χ1n) is 7.84. The Balaban J connectivity index is 2.84. The number of nitrogens with one attached hydrogen (secondary N) is 1. The first kappa shape index (κ1) is 15.7. The second kappa shape index (κ2) is 7.96. The molecule has 1 rings (SSSR count). The molecule has 0 aromatic heterocycles. The number of rotatable bonds is 9. The van der Waals surface area contributed by atoms with Crippen LogP contribution in [0.1, 0.15) is 59.3 Å². The summed E-state index contributed by atoms with van der Waals surface area (Å²) in [5.41, 5.74) is 0.357. The van der Waals surface area contributed by atoms with Gasteiger partial charge in [-0.25, -0.2) is 0 Å². The molecule has 1 aliphatic heterocycles. The van der Waals surface area contributed by atoms with E-state index in [9.17, 15) is 0 Å². The van der Waals surface area contributed by atoms with Crippen molar-refractivity contribution in [1.29, 1.82) is 0 Å². The van der Waals surface area contributed by atoms with Gasteiger partial charge in [-0.3, -0.25) is 4.90 Å². The maximum Gasteiger partial charge on any atom is 0.0357 e. The van der Waals surface area contributed by atoms with Crippen molar-refractivity contribution in [2.75, 3.05) is 19.6 Å². The van der Waals surface area contributed by atoms with Crippen molar-refractivity contribution in [2.24, 2.45) is 0 Å². The van der Waals surface area contributed by atoms with Crippen LogP contribution in [0.2, 0.25) is 0 Å². The molecular formula is C16H32N2. The topological polar surface area (TPSA) is 15.3 Å². The van der Waals surface area contributed by atoms with Crippen LogP contribution in [-0.4, -0.2) is 36.1 Å². The summed E-state index contributed by atoms with van der Waals surface area (Å²) in [6.07, 6.45) is 9.65. The maximum atomic E-state index is 3.88. The van der Waals surface area contributed by atoms with Gasteiger partial charge in [0.05, 0.1) is 0 Å². The fourth-order valence-electron chi connectivity index (χ4n) is 3.66. The second-order valence-corrected chi connectivity index (χ2v) is 5.48. The van der Waals surface area contributed by atoms with Crippen LogP contribution in [0.25, 0.3) is 0 Å². The molecule has 0 spiro atoms. The van der Waals surface area contributed by atoms with Crippen LogP contribution in [-0.2, 0) is 0 Å². The van der Waals surface area contributed by atoms with Gasteiger partial charge in [-0.15, -0.1) is 6.58 Å². The Morgan fingerprint density at radius 3 is 2.28 bits per heavy atom. The molecule has 0 aromatic rings. The van der Waals surface area contributed by atoms with E-state index in [1.165, 1.54) is 45.2 Å². The molecule has 106 valence electrons. The molecule has 0 aliphatic carbocycles. The Kier molecular flexibility index (Phi) is 6.95. The van der Waals surface area contributed by atoms with E-state index in [2.05, 4.69) is 43.6 Å². The van der Waals surface area contributed by atoms with Gasteiger partial charge in [0.1, 0.15) is 0 Å². The molecule has 0 aromatic carbocycles. The second-order valence-electron chi connectivity index (χ2n) is 5.48. The fraction of sp³-hybridized carbons (Fsp3) is 0.875. The zero-order valence-corrected chi connectivity index (χ0v) is 12.7. The highest BCUT2D eigenvalue weighted by atomic mass is 15.2. The van der Waals surface area contributed by atoms with Crippen LogP contribution in [0.5, 0.6) is 0 Å². The number of likely N-dealkylation sites (N-methyl/N-ethyl adjacent to an activating group) is 1. The summed E-state index contributed by atoms with van der Waals surface area (Å²) in [5.74, 6) is 0. The van der Waals surface area contributed by atoms with E-state index in [4.69, 9.17) is 0 Å². The molecule has 1 saturated heterocycles. The molecular weight excluding hydrogens is 220 g/mol. The van der Waals surface area contributed by atoms with E-state index in [1.807, 2.05) is 0 Å². The van der Waals surface area contributed by atoms with Gasteiger partial charge in [0.15, 0.2) is 0 Å². The highest BCUT2D eigenvalue weighted by Gasteiger charge is 2.41. The van der Waals surface area contributed by atoms with Crippen molar-refractivity contribution >= 4 is 0 Å². The van der Waals surface area contributed by atoms with Gasteiger partial charge in [0.2, 0.25) is 0 Å². The van der Waals surface area contributed by atoms with Crippen molar-refractivity contribution in [1.82, 2.24) is 10.2 Å². The highest BCUT2D eigenvalue weighted by Crippen LogP contribution is 2.33. The minimum Gasteiger partial charge on any atom is -0.312 e. The van der Waals surface area contributed by atoms with Gasteiger partial charge < -0.3 is 5.32 Å². The summed E-state index contributed by atoms with van der Waals surface area (Å²) >= 11 is 0. The summed E-state index contributed by atoms with van der Waals surface area (Å²) in [4.78, 5) is 2.75. The number of hydrogen-bond acceptors (Lipinski definition) is 2. The Morgan fingerprint density at radius 1 is 1.22 bits per heavy atom. The summed E-state index contributed by atoms with van der Waals surface area (Å²) in [5, 5.41) is 3.75. The molecule has 1 unspecified atom stereocenters. The van der Waals surface area contributed by atoms with Gasteiger partial charge in [0, 0.05) is 11.6 Å². The van der Waals surface area contributed by atoms with E-state index in [1.54, 1.807) is 0 Å². The smallest absolute Gasteiger partial charge is 0.0357 e. The van der Waals surface area contributed by atoms with Gasteiger partial charge in [-0.05, 0) is 58.2 Å². The Morgan fingerprint density at radius 2 is 1.83 bits per heavy atom. The van der Waals surface area contributed by atoms with Crippen LogP contribution in [0, 0.1) is 0 Å². The van der Waals surface area contributed by atoms with Crippen LogP contribution in [0.15, 0.2) is 12.7 Å². The lowest BCUT2D eigenvalue weighted by molar-refractivity contribution is 0.0596. The Hall–Kier alpha value is -0.340. The van der Waals surface area contributed by atoms with Crippen molar-refractivity contribution in [3.8, 4) is 0 Å². The van der Waals surface area contributed by atoms with Crippen LogP contribution >= 0.6 is 0 Å². The molecule has 0 radical (unpaired) electrons. The standard InChI is InChI=1S/C16H32N2/c1-5-9-12-15(17-8-4)16(6-2,7-3)18-13-10-11-14-18/h5,15,17H,1,6-14H2,2-4H3. The lowest BCUT2D eigenvalue weighted by atomic mass is 9.80. The van der Waals surface area contributed by atoms with Crippen molar-refractivity contribution < 1.29 is 0 Å². The summed E-state index contributed by atoms with van der Waals surface area (Å²) in [6.45, 7) is 14.5. The number of nitrogens with zero attached hydrogens (tertiary/aromatic N) is 1. The Bertz CT molecular complexity index is 227.